The van der Waals surface area contributed by atoms with Gasteiger partial charge >= 0.3 is 26.0 Å². The molecule has 18 nitrogen and oxygen atoms in total. The standard InChI is InChI=1S/C43H55BN4O14/c1-6-10-12-13-31(34(8-3)48(26-49)62-42(55)28-14-17-30(18-15-28)59-27(5)50)39(52)45-25-46-41(54)36-21-20-35(60-36)29-16-19-32(37(23-29)57-9-4)40(53)47-33(24-38(51)61-44)43(56)58-22-11-7-2/h14-21,23,26,31,33-34H,6-13,22,24-25,44H2,1-5H3,(H,45,52)(H,46,54)(H,47,53)/t31-,33+,34-/m1/s1. The molecule has 19 heteroatoms. The minimum atomic E-state index is -1.31. The van der Waals surface area contributed by atoms with E-state index in [0.29, 0.717) is 31.2 Å². The Balaban J connectivity index is 1.70. The van der Waals surface area contributed by atoms with E-state index in [-0.39, 0.29) is 60.4 Å². The molecule has 1 heterocycles. The van der Waals surface area contributed by atoms with Crippen LogP contribution in [-0.4, -0.2) is 93.1 Å². The molecule has 0 saturated carbocycles. The van der Waals surface area contributed by atoms with E-state index in [1.54, 1.807) is 19.9 Å². The van der Waals surface area contributed by atoms with E-state index < -0.39 is 66.0 Å². The third kappa shape index (κ3) is 15.1. The average molecular weight is 863 g/mol. The monoisotopic (exact) mass is 862 g/mol. The molecule has 3 N–H and O–H groups in total. The fraction of sp³-hybridized carbons (Fsp3) is 0.442. The van der Waals surface area contributed by atoms with Crippen molar-refractivity contribution < 1.29 is 66.5 Å². The molecule has 0 spiro atoms. The van der Waals surface area contributed by atoms with Crippen molar-refractivity contribution in [2.24, 2.45) is 5.92 Å². The number of esters is 2. The molecule has 0 fully saturated rings. The van der Waals surface area contributed by atoms with Crippen LogP contribution in [0.3, 0.4) is 0 Å². The fourth-order valence-electron chi connectivity index (χ4n) is 6.18. The lowest BCUT2D eigenvalue weighted by molar-refractivity contribution is -0.171. The number of rotatable bonds is 26. The number of nitrogens with one attached hydrogen (secondary N) is 3. The lowest BCUT2D eigenvalue weighted by Gasteiger charge is -2.31. The largest absolute Gasteiger partial charge is 0.543 e. The highest BCUT2D eigenvalue weighted by atomic mass is 16.7. The number of carbonyl (C=O) groups excluding carboxylic acids is 8. The average Bonchev–Trinajstić information content (AvgIpc) is 3.76. The zero-order valence-corrected chi connectivity index (χ0v) is 35.9. The predicted molar refractivity (Wildman–Crippen MR) is 225 cm³/mol. The molecule has 0 unspecified atom stereocenters. The second-order valence-corrected chi connectivity index (χ2v) is 13.9. The van der Waals surface area contributed by atoms with E-state index in [4.69, 9.17) is 23.5 Å². The molecule has 0 bridgehead atoms. The maximum Gasteiger partial charge on any atom is 0.363 e. The van der Waals surface area contributed by atoms with Crippen molar-refractivity contribution in [2.75, 3.05) is 19.9 Å². The molecule has 0 radical (unpaired) electrons. The van der Waals surface area contributed by atoms with E-state index in [0.717, 1.165) is 24.3 Å². The first-order valence-electron chi connectivity index (χ1n) is 20.5. The van der Waals surface area contributed by atoms with Gasteiger partial charge < -0.3 is 44.1 Å². The molecular formula is C43H55BN4O14. The van der Waals surface area contributed by atoms with E-state index in [1.165, 1.54) is 63.5 Å². The summed E-state index contributed by atoms with van der Waals surface area (Å²) in [6.07, 6.45) is 4.21. The Bertz CT molecular complexity index is 2000. The summed E-state index contributed by atoms with van der Waals surface area (Å²) in [5.74, 6) is -5.03. The number of furan rings is 1. The van der Waals surface area contributed by atoms with Crippen molar-refractivity contribution in [3.8, 4) is 22.8 Å². The van der Waals surface area contributed by atoms with Crippen LogP contribution in [0.2, 0.25) is 0 Å². The van der Waals surface area contributed by atoms with Gasteiger partial charge in [-0.3, -0.25) is 28.8 Å². The highest BCUT2D eigenvalue weighted by Crippen LogP contribution is 2.30. The summed E-state index contributed by atoms with van der Waals surface area (Å²) in [6, 6.07) is 10.9. The maximum absolute atomic E-state index is 13.6. The van der Waals surface area contributed by atoms with Crippen molar-refractivity contribution in [3.63, 3.8) is 0 Å². The van der Waals surface area contributed by atoms with Gasteiger partial charge in [0.1, 0.15) is 23.3 Å². The highest BCUT2D eigenvalue weighted by molar-refractivity contribution is 6.06. The summed E-state index contributed by atoms with van der Waals surface area (Å²) >= 11 is 0. The summed E-state index contributed by atoms with van der Waals surface area (Å²) in [5.41, 5.74) is 0.590. The number of hydroxylamine groups is 2. The van der Waals surface area contributed by atoms with Gasteiger partial charge in [0, 0.05) is 12.5 Å². The van der Waals surface area contributed by atoms with Gasteiger partial charge in [-0.1, -0.05) is 52.5 Å². The Morgan fingerprint density at radius 2 is 1.60 bits per heavy atom. The number of carbonyl (C=O) groups is 8. The molecule has 2 aromatic carbocycles. The Hall–Kier alpha value is -6.66. The maximum atomic E-state index is 13.6. The fourth-order valence-corrected chi connectivity index (χ4v) is 6.18. The number of hydrogen-bond acceptors (Lipinski definition) is 14. The molecule has 3 atom stereocenters. The van der Waals surface area contributed by atoms with Crippen LogP contribution in [-0.2, 0) is 38.2 Å². The molecule has 0 saturated heterocycles. The zero-order valence-electron chi connectivity index (χ0n) is 35.9. The molecule has 0 aliphatic rings. The summed E-state index contributed by atoms with van der Waals surface area (Å²) in [6.45, 7) is 8.63. The minimum Gasteiger partial charge on any atom is -0.543 e. The second kappa shape index (κ2) is 25.9. The summed E-state index contributed by atoms with van der Waals surface area (Å²) < 4.78 is 26.5. The third-order valence-electron chi connectivity index (χ3n) is 9.39. The number of hydrogen-bond donors (Lipinski definition) is 3. The molecule has 3 rings (SSSR count). The number of unbranched alkanes of at least 4 members (excludes halogenated alkanes) is 3. The van der Waals surface area contributed by atoms with Crippen LogP contribution in [0, 0.1) is 5.92 Å². The van der Waals surface area contributed by atoms with Crippen LogP contribution < -0.4 is 25.4 Å². The van der Waals surface area contributed by atoms with Crippen LogP contribution in [0.25, 0.3) is 11.3 Å². The Labute approximate surface area is 361 Å². The molecule has 4 amide bonds. The Morgan fingerprint density at radius 3 is 2.23 bits per heavy atom. The highest BCUT2D eigenvalue weighted by Gasteiger charge is 2.34. The lowest BCUT2D eigenvalue weighted by atomic mass is 9.90. The van der Waals surface area contributed by atoms with Gasteiger partial charge in [0.05, 0.1) is 49.4 Å². The molecule has 334 valence electrons. The van der Waals surface area contributed by atoms with Crippen molar-refractivity contribution in [3.05, 3.63) is 71.5 Å². The normalized spacial score (nSPS) is 12.1. The molecule has 62 heavy (non-hydrogen) atoms. The molecule has 3 aromatic rings. The van der Waals surface area contributed by atoms with Crippen LogP contribution in [0.15, 0.2) is 59.0 Å². The van der Waals surface area contributed by atoms with Crippen LogP contribution >= 0.6 is 0 Å². The molecule has 1 aromatic heterocycles. The topological polar surface area (TPSA) is 235 Å². The SMILES string of the molecule is BOC(=O)C[C@H](NC(=O)c1ccc(-c2ccc(C(=O)NCNC(=O)[C@H](CCCCC)[C@@H](CC)N(C=O)OC(=O)c3ccc(OC(C)=O)cc3)o2)cc1OCC)C(=O)OCCCC. The number of ether oxygens (including phenoxy) is 3. The van der Waals surface area contributed by atoms with Gasteiger partial charge in [-0.25, -0.2) is 9.59 Å². The summed E-state index contributed by atoms with van der Waals surface area (Å²) in [5, 5.41) is 8.64. The van der Waals surface area contributed by atoms with Gasteiger partial charge in [-0.2, -0.15) is 5.06 Å². The predicted octanol–water partition coefficient (Wildman–Crippen LogP) is 4.20. The smallest absolute Gasteiger partial charge is 0.363 e. The van der Waals surface area contributed by atoms with Crippen LogP contribution in [0.4, 0.5) is 0 Å². The van der Waals surface area contributed by atoms with Crippen molar-refractivity contribution in [2.45, 2.75) is 98.1 Å². The van der Waals surface area contributed by atoms with E-state index >= 15 is 0 Å². The van der Waals surface area contributed by atoms with Gasteiger partial charge in [-0.05, 0) is 74.7 Å². The van der Waals surface area contributed by atoms with Gasteiger partial charge in [0.15, 0.2) is 5.76 Å². The van der Waals surface area contributed by atoms with Crippen molar-refractivity contribution >= 4 is 56.1 Å². The van der Waals surface area contributed by atoms with E-state index in [2.05, 4.69) is 20.6 Å². The first-order valence-corrected chi connectivity index (χ1v) is 20.5. The Morgan fingerprint density at radius 1 is 0.871 bits per heavy atom. The van der Waals surface area contributed by atoms with E-state index in [9.17, 15) is 38.4 Å². The van der Waals surface area contributed by atoms with Gasteiger partial charge in [0.2, 0.25) is 12.3 Å². The number of benzene rings is 2. The lowest BCUT2D eigenvalue weighted by Crippen LogP contribution is -2.49. The molecule has 0 aliphatic heterocycles. The van der Waals surface area contributed by atoms with Crippen molar-refractivity contribution in [1.82, 2.24) is 21.0 Å². The van der Waals surface area contributed by atoms with Crippen LogP contribution in [0.5, 0.6) is 11.5 Å². The summed E-state index contributed by atoms with van der Waals surface area (Å²) in [4.78, 5) is 107. The van der Waals surface area contributed by atoms with Crippen LogP contribution in [0.1, 0.15) is 117 Å². The molecular weight excluding hydrogens is 807 g/mol. The quantitative estimate of drug-likeness (QED) is 0.0195. The molecule has 0 aliphatic carbocycles. The van der Waals surface area contributed by atoms with E-state index in [1.807, 2.05) is 13.8 Å². The second-order valence-electron chi connectivity index (χ2n) is 13.9. The first-order chi connectivity index (χ1) is 29.8. The minimum absolute atomic E-state index is 0.0621. The van der Waals surface area contributed by atoms with Crippen molar-refractivity contribution in [1.29, 1.82) is 0 Å². The Kier molecular flexibility index (Phi) is 20.7. The number of amides is 4. The van der Waals surface area contributed by atoms with Gasteiger partial charge in [0.25, 0.3) is 17.8 Å². The number of nitrogens with zero attached hydrogens (tertiary/aromatic N) is 1. The third-order valence-corrected chi connectivity index (χ3v) is 9.39. The zero-order chi connectivity index (χ0) is 45.6. The first kappa shape index (κ1) is 49.7. The van der Waals surface area contributed by atoms with Gasteiger partial charge in [-0.15, -0.1) is 0 Å². The summed E-state index contributed by atoms with van der Waals surface area (Å²) in [7, 11) is 1.17.